The van der Waals surface area contributed by atoms with Crippen molar-refractivity contribution in [1.82, 2.24) is 19.4 Å². The van der Waals surface area contributed by atoms with Crippen molar-refractivity contribution in [2.24, 2.45) is 7.05 Å². The van der Waals surface area contributed by atoms with Crippen molar-refractivity contribution >= 4 is 22.8 Å². The van der Waals surface area contributed by atoms with Crippen LogP contribution < -0.4 is 5.69 Å². The van der Waals surface area contributed by atoms with Crippen LogP contribution in [0.25, 0.3) is 11.0 Å². The Hall–Kier alpha value is -2.61. The van der Waals surface area contributed by atoms with Gasteiger partial charge in [-0.1, -0.05) is 0 Å². The van der Waals surface area contributed by atoms with Gasteiger partial charge in [-0.15, -0.1) is 0 Å². The monoisotopic (exact) mass is 332 g/mol. The second-order valence-corrected chi connectivity index (χ2v) is 5.83. The number of piperazine rings is 1. The first kappa shape index (κ1) is 16.3. The lowest BCUT2D eigenvalue weighted by molar-refractivity contribution is -0.136. The molecule has 8 heteroatoms. The molecular weight excluding hydrogens is 312 g/mol. The molecular formula is C16H20N4O4. The zero-order valence-corrected chi connectivity index (χ0v) is 13.7. The number of methoxy groups -OCH3 is 1. The van der Waals surface area contributed by atoms with E-state index in [4.69, 9.17) is 4.74 Å². The molecule has 1 aliphatic rings. The van der Waals surface area contributed by atoms with Crippen molar-refractivity contribution in [3.05, 3.63) is 34.2 Å². The number of ether oxygens (including phenoxy) is 1. The topological polar surface area (TPSA) is 87.6 Å². The Kier molecular flexibility index (Phi) is 4.39. The minimum atomic E-state index is -0.208. The molecule has 0 bridgehead atoms. The fraction of sp³-hybridized carbons (Fsp3) is 0.438. The van der Waals surface area contributed by atoms with E-state index in [0.29, 0.717) is 37.3 Å². The SMILES string of the molecule is COCC(=O)N1CCN(C(=O)c2ccc3c(c2)[nH]c(=O)n3C)CC1. The van der Waals surface area contributed by atoms with E-state index in [1.807, 2.05) is 0 Å². The number of nitrogens with zero attached hydrogens (tertiary/aromatic N) is 3. The Labute approximate surface area is 138 Å². The summed E-state index contributed by atoms with van der Waals surface area (Å²) in [6.07, 6.45) is 0. The van der Waals surface area contributed by atoms with Crippen molar-refractivity contribution in [3.8, 4) is 0 Å². The molecule has 2 amide bonds. The van der Waals surface area contributed by atoms with Crippen LogP contribution in [-0.2, 0) is 16.6 Å². The second-order valence-electron chi connectivity index (χ2n) is 5.83. The van der Waals surface area contributed by atoms with Crippen LogP contribution in [0.3, 0.4) is 0 Å². The lowest BCUT2D eigenvalue weighted by atomic mass is 10.1. The minimum Gasteiger partial charge on any atom is -0.375 e. The van der Waals surface area contributed by atoms with Crippen molar-refractivity contribution in [1.29, 1.82) is 0 Å². The van der Waals surface area contributed by atoms with Crippen LogP contribution in [0.2, 0.25) is 0 Å². The van der Waals surface area contributed by atoms with Crippen LogP contribution in [0.15, 0.2) is 23.0 Å². The summed E-state index contributed by atoms with van der Waals surface area (Å²) in [6, 6.07) is 5.18. The van der Waals surface area contributed by atoms with Gasteiger partial charge in [-0.3, -0.25) is 14.2 Å². The van der Waals surface area contributed by atoms with Crippen LogP contribution in [-0.4, -0.2) is 71.1 Å². The molecule has 0 atom stereocenters. The molecule has 0 spiro atoms. The Balaban J connectivity index is 1.71. The van der Waals surface area contributed by atoms with Crippen LogP contribution >= 0.6 is 0 Å². The number of aromatic amines is 1. The van der Waals surface area contributed by atoms with Gasteiger partial charge in [0.15, 0.2) is 0 Å². The fourth-order valence-electron chi connectivity index (χ4n) is 2.93. The Morgan fingerprint density at radius 2 is 1.83 bits per heavy atom. The summed E-state index contributed by atoms with van der Waals surface area (Å²) in [5.74, 6) is -0.159. The Bertz CT molecular complexity index is 830. The van der Waals surface area contributed by atoms with Gasteiger partial charge in [-0.05, 0) is 18.2 Å². The molecule has 1 fully saturated rings. The number of carbonyl (C=O) groups is 2. The fourth-order valence-corrected chi connectivity index (χ4v) is 2.93. The number of H-pyrrole nitrogens is 1. The van der Waals surface area contributed by atoms with E-state index >= 15 is 0 Å². The zero-order chi connectivity index (χ0) is 17.3. The van der Waals surface area contributed by atoms with E-state index < -0.39 is 0 Å². The van der Waals surface area contributed by atoms with Gasteiger partial charge < -0.3 is 19.5 Å². The molecule has 8 nitrogen and oxygen atoms in total. The average molecular weight is 332 g/mol. The molecule has 128 valence electrons. The summed E-state index contributed by atoms with van der Waals surface area (Å²) in [5, 5.41) is 0. The highest BCUT2D eigenvalue weighted by Gasteiger charge is 2.25. The summed E-state index contributed by atoms with van der Waals surface area (Å²) in [7, 11) is 3.17. The van der Waals surface area contributed by atoms with E-state index in [9.17, 15) is 14.4 Å². The molecule has 1 saturated heterocycles. The van der Waals surface area contributed by atoms with Gasteiger partial charge in [0.05, 0.1) is 11.0 Å². The summed E-state index contributed by atoms with van der Waals surface area (Å²) in [5.41, 5.74) is 1.72. The van der Waals surface area contributed by atoms with Crippen molar-refractivity contribution < 1.29 is 14.3 Å². The van der Waals surface area contributed by atoms with E-state index in [1.165, 1.54) is 11.7 Å². The normalized spacial score (nSPS) is 15.1. The lowest BCUT2D eigenvalue weighted by Gasteiger charge is -2.34. The molecule has 3 rings (SSSR count). The number of aromatic nitrogens is 2. The maximum atomic E-state index is 12.6. The van der Waals surface area contributed by atoms with Crippen LogP contribution in [0.4, 0.5) is 0 Å². The minimum absolute atomic E-state index is 0.0615. The zero-order valence-electron chi connectivity index (χ0n) is 13.7. The van der Waals surface area contributed by atoms with Gasteiger partial charge in [0.2, 0.25) is 5.91 Å². The highest BCUT2D eigenvalue weighted by atomic mass is 16.5. The number of nitrogens with one attached hydrogen (secondary N) is 1. The lowest BCUT2D eigenvalue weighted by Crippen LogP contribution is -2.51. The van der Waals surface area contributed by atoms with Crippen molar-refractivity contribution in [2.75, 3.05) is 39.9 Å². The number of aryl methyl sites for hydroxylation is 1. The molecule has 0 saturated carbocycles. The number of rotatable bonds is 3. The standard InChI is InChI=1S/C16H20N4O4/c1-18-13-4-3-11(9-12(13)17-16(18)23)15(22)20-7-5-19(6-8-20)14(21)10-24-2/h3-4,9H,5-8,10H2,1-2H3,(H,17,23). The third-order valence-electron chi connectivity index (χ3n) is 4.34. The van der Waals surface area contributed by atoms with Crippen molar-refractivity contribution in [3.63, 3.8) is 0 Å². The number of hydrogen-bond donors (Lipinski definition) is 1. The molecule has 1 aromatic heterocycles. The van der Waals surface area contributed by atoms with Crippen molar-refractivity contribution in [2.45, 2.75) is 0 Å². The highest BCUT2D eigenvalue weighted by Crippen LogP contribution is 2.15. The van der Waals surface area contributed by atoms with E-state index in [1.54, 1.807) is 35.0 Å². The predicted octanol–water partition coefficient (Wildman–Crippen LogP) is -0.203. The van der Waals surface area contributed by atoms with E-state index in [2.05, 4.69) is 4.98 Å². The number of amides is 2. The Morgan fingerprint density at radius 1 is 1.17 bits per heavy atom. The number of hydrogen-bond acceptors (Lipinski definition) is 4. The quantitative estimate of drug-likeness (QED) is 0.843. The molecule has 0 radical (unpaired) electrons. The number of carbonyl (C=O) groups excluding carboxylic acids is 2. The number of fused-ring (bicyclic) bond motifs is 1. The third kappa shape index (κ3) is 2.92. The van der Waals surface area contributed by atoms with Crippen LogP contribution in [0, 0.1) is 0 Å². The summed E-state index contributed by atoms with van der Waals surface area (Å²) in [6.45, 7) is 2.03. The van der Waals surface area contributed by atoms with Crippen LogP contribution in [0.5, 0.6) is 0 Å². The number of imidazole rings is 1. The molecule has 1 aliphatic heterocycles. The third-order valence-corrected chi connectivity index (χ3v) is 4.34. The molecule has 1 aromatic carbocycles. The first-order chi connectivity index (χ1) is 11.5. The first-order valence-electron chi connectivity index (χ1n) is 7.76. The second kappa shape index (κ2) is 6.48. The summed E-state index contributed by atoms with van der Waals surface area (Å²) >= 11 is 0. The smallest absolute Gasteiger partial charge is 0.326 e. The molecule has 0 aliphatic carbocycles. The van der Waals surface area contributed by atoms with Gasteiger partial charge in [0, 0.05) is 45.9 Å². The summed E-state index contributed by atoms with van der Waals surface area (Å²) < 4.78 is 6.35. The van der Waals surface area contributed by atoms with E-state index in [0.717, 1.165) is 5.52 Å². The van der Waals surface area contributed by atoms with Gasteiger partial charge in [-0.25, -0.2) is 4.79 Å². The first-order valence-corrected chi connectivity index (χ1v) is 7.76. The maximum Gasteiger partial charge on any atom is 0.326 e. The maximum absolute atomic E-state index is 12.6. The molecule has 1 N–H and O–H groups in total. The van der Waals surface area contributed by atoms with Gasteiger partial charge in [-0.2, -0.15) is 0 Å². The molecule has 2 aromatic rings. The number of benzene rings is 1. The van der Waals surface area contributed by atoms with Gasteiger partial charge in [0.1, 0.15) is 6.61 Å². The largest absolute Gasteiger partial charge is 0.375 e. The average Bonchev–Trinajstić information content (AvgIpc) is 2.88. The Morgan fingerprint density at radius 3 is 2.50 bits per heavy atom. The van der Waals surface area contributed by atoms with Gasteiger partial charge >= 0.3 is 5.69 Å². The van der Waals surface area contributed by atoms with E-state index in [-0.39, 0.29) is 24.1 Å². The molecule has 24 heavy (non-hydrogen) atoms. The molecule has 0 unspecified atom stereocenters. The highest BCUT2D eigenvalue weighted by molar-refractivity contribution is 5.97. The predicted molar refractivity (Wildman–Crippen MR) is 87.9 cm³/mol. The molecule has 2 heterocycles. The van der Waals surface area contributed by atoms with Gasteiger partial charge in [0.25, 0.3) is 5.91 Å². The van der Waals surface area contributed by atoms with Crippen LogP contribution in [0.1, 0.15) is 10.4 Å². The summed E-state index contributed by atoms with van der Waals surface area (Å²) in [4.78, 5) is 42.2.